The molecule has 1 fully saturated rings. The second kappa shape index (κ2) is 9.23. The van der Waals surface area contributed by atoms with E-state index >= 15 is 0 Å². The molecule has 2 aromatic heterocycles. The van der Waals surface area contributed by atoms with E-state index < -0.39 is 17.2 Å². The molecule has 1 spiro atoms. The maximum absolute atomic E-state index is 14.7. The van der Waals surface area contributed by atoms with Gasteiger partial charge in [-0.25, -0.2) is 13.9 Å². The van der Waals surface area contributed by atoms with Crippen LogP contribution in [0.25, 0.3) is 11.4 Å². The normalized spacial score (nSPS) is 15.3. The Bertz CT molecular complexity index is 1670. The standard InChI is InChI=1S/C29H25FN4O5/c1-3-39-28(37)25-24-26(34(31-25)20-11-12-22(38-2)21(30)16-20)27(36)33(17-29(24)13-14-29)19-9-7-18(8-10-19)32-15-5-4-6-23(32)35/h4-12,15-16H,3,13-14,17H2,1-2H3. The van der Waals surface area contributed by atoms with Crippen LogP contribution in [0.3, 0.4) is 0 Å². The summed E-state index contributed by atoms with van der Waals surface area (Å²) in [5.74, 6) is -1.56. The monoisotopic (exact) mass is 528 g/mol. The van der Waals surface area contributed by atoms with E-state index in [4.69, 9.17) is 9.47 Å². The van der Waals surface area contributed by atoms with Gasteiger partial charge in [0, 0.05) is 47.2 Å². The van der Waals surface area contributed by atoms with Crippen LogP contribution >= 0.6 is 0 Å². The number of esters is 1. The van der Waals surface area contributed by atoms with Crippen molar-refractivity contribution in [3.8, 4) is 17.1 Å². The molecular weight excluding hydrogens is 503 g/mol. The Labute approximate surface area is 223 Å². The van der Waals surface area contributed by atoms with Crippen molar-refractivity contribution in [2.75, 3.05) is 25.2 Å². The summed E-state index contributed by atoms with van der Waals surface area (Å²) in [5, 5.41) is 4.50. The first kappa shape index (κ1) is 24.6. The SMILES string of the molecule is CCOC(=O)c1nn(-c2ccc(OC)c(F)c2)c2c1C1(CC1)CN(c1ccc(-n3ccccc3=O)cc1)C2=O. The Morgan fingerprint density at radius 3 is 2.38 bits per heavy atom. The van der Waals surface area contributed by atoms with E-state index in [2.05, 4.69) is 5.10 Å². The number of halogens is 1. The lowest BCUT2D eigenvalue weighted by molar-refractivity contribution is 0.0516. The quantitative estimate of drug-likeness (QED) is 0.351. The summed E-state index contributed by atoms with van der Waals surface area (Å²) in [6, 6.07) is 16.3. The van der Waals surface area contributed by atoms with E-state index in [0.717, 1.165) is 12.8 Å². The number of pyridine rings is 1. The Morgan fingerprint density at radius 2 is 1.74 bits per heavy atom. The maximum atomic E-state index is 14.7. The Hall–Kier alpha value is -4.73. The summed E-state index contributed by atoms with van der Waals surface area (Å²) in [6.07, 6.45) is 3.20. The Morgan fingerprint density at radius 1 is 1.03 bits per heavy atom. The molecule has 2 aromatic carbocycles. The maximum Gasteiger partial charge on any atom is 0.359 e. The van der Waals surface area contributed by atoms with Crippen LogP contribution < -0.4 is 15.2 Å². The smallest absolute Gasteiger partial charge is 0.359 e. The van der Waals surface area contributed by atoms with E-state index in [1.54, 1.807) is 60.5 Å². The fourth-order valence-corrected chi connectivity index (χ4v) is 5.22. The number of nitrogens with zero attached hydrogens (tertiary/aromatic N) is 4. The minimum atomic E-state index is -0.620. The third-order valence-electron chi connectivity index (χ3n) is 7.29. The average Bonchev–Trinajstić information content (AvgIpc) is 3.59. The fourth-order valence-electron chi connectivity index (χ4n) is 5.22. The molecule has 2 aliphatic rings. The lowest BCUT2D eigenvalue weighted by Gasteiger charge is -2.33. The van der Waals surface area contributed by atoms with Crippen LogP contribution in [0, 0.1) is 5.82 Å². The molecule has 0 unspecified atom stereocenters. The fraction of sp³-hybridized carbons (Fsp3) is 0.241. The number of rotatable bonds is 6. The van der Waals surface area contributed by atoms with Gasteiger partial charge in [0.1, 0.15) is 5.69 Å². The lowest BCUT2D eigenvalue weighted by Crippen LogP contribution is -2.44. The molecule has 198 valence electrons. The van der Waals surface area contributed by atoms with Crippen molar-refractivity contribution in [2.45, 2.75) is 25.2 Å². The third kappa shape index (κ3) is 3.99. The van der Waals surface area contributed by atoms with Gasteiger partial charge in [0.05, 0.1) is 19.4 Å². The molecule has 1 saturated carbocycles. The Kier molecular flexibility index (Phi) is 5.82. The van der Waals surface area contributed by atoms with Gasteiger partial charge in [-0.1, -0.05) is 6.07 Å². The van der Waals surface area contributed by atoms with Crippen LogP contribution in [0.5, 0.6) is 5.75 Å². The van der Waals surface area contributed by atoms with E-state index in [0.29, 0.717) is 23.5 Å². The molecule has 6 rings (SSSR count). The highest BCUT2D eigenvalue weighted by molar-refractivity contribution is 6.10. The number of methoxy groups -OCH3 is 1. The van der Waals surface area contributed by atoms with Crippen molar-refractivity contribution in [3.63, 3.8) is 0 Å². The first-order valence-corrected chi connectivity index (χ1v) is 12.6. The number of fused-ring (bicyclic) bond motifs is 2. The lowest BCUT2D eigenvalue weighted by atomic mass is 9.88. The van der Waals surface area contributed by atoms with E-state index in [1.807, 2.05) is 0 Å². The molecule has 0 saturated heterocycles. The largest absolute Gasteiger partial charge is 0.494 e. The van der Waals surface area contributed by atoms with Gasteiger partial charge in [-0.3, -0.25) is 14.2 Å². The third-order valence-corrected chi connectivity index (χ3v) is 7.29. The Balaban J connectivity index is 1.47. The van der Waals surface area contributed by atoms with E-state index in [-0.39, 0.29) is 40.9 Å². The highest BCUT2D eigenvalue weighted by Crippen LogP contribution is 2.54. The number of hydrogen-bond donors (Lipinski definition) is 0. The second-order valence-electron chi connectivity index (χ2n) is 9.62. The van der Waals surface area contributed by atoms with Crippen molar-refractivity contribution in [3.05, 3.63) is 100.0 Å². The van der Waals surface area contributed by atoms with Crippen molar-refractivity contribution < 1.29 is 23.5 Å². The second-order valence-corrected chi connectivity index (χ2v) is 9.62. The van der Waals surface area contributed by atoms with Gasteiger partial charge >= 0.3 is 5.97 Å². The van der Waals surface area contributed by atoms with Crippen LogP contribution in [0.2, 0.25) is 0 Å². The summed E-state index contributed by atoms with van der Waals surface area (Å²) >= 11 is 0. The molecule has 39 heavy (non-hydrogen) atoms. The van der Waals surface area contributed by atoms with Crippen molar-refractivity contribution >= 4 is 17.6 Å². The van der Waals surface area contributed by atoms with Crippen molar-refractivity contribution in [2.24, 2.45) is 0 Å². The molecule has 10 heteroatoms. The zero-order chi connectivity index (χ0) is 27.3. The minimum absolute atomic E-state index is 0.0506. The number of hydrogen-bond acceptors (Lipinski definition) is 6. The average molecular weight is 529 g/mol. The highest BCUT2D eigenvalue weighted by atomic mass is 19.1. The molecule has 3 heterocycles. The van der Waals surface area contributed by atoms with E-state index in [9.17, 15) is 18.8 Å². The first-order chi connectivity index (χ1) is 18.9. The van der Waals surface area contributed by atoms with Gasteiger partial charge in [0.15, 0.2) is 17.3 Å². The molecule has 9 nitrogen and oxygen atoms in total. The number of anilines is 1. The van der Waals surface area contributed by atoms with Crippen molar-refractivity contribution in [1.29, 1.82) is 0 Å². The molecular formula is C29H25FN4O5. The number of aromatic nitrogens is 3. The molecule has 0 radical (unpaired) electrons. The number of ether oxygens (including phenoxy) is 2. The van der Waals surface area contributed by atoms with Crippen LogP contribution in [0.4, 0.5) is 10.1 Å². The summed E-state index contributed by atoms with van der Waals surface area (Å²) < 4.78 is 27.8. The molecule has 0 N–H and O–H groups in total. The predicted octanol–water partition coefficient (Wildman–Crippen LogP) is 4.04. The van der Waals surface area contributed by atoms with Gasteiger partial charge in [-0.05, 0) is 62.2 Å². The molecule has 4 aromatic rings. The number of benzene rings is 2. The van der Waals surface area contributed by atoms with Crippen LogP contribution in [-0.2, 0) is 10.2 Å². The molecule has 0 bridgehead atoms. The molecule has 1 aliphatic heterocycles. The molecule has 1 aliphatic carbocycles. The van der Waals surface area contributed by atoms with Gasteiger partial charge in [0.25, 0.3) is 11.5 Å². The summed E-state index contributed by atoms with van der Waals surface area (Å²) in [4.78, 5) is 40.9. The first-order valence-electron chi connectivity index (χ1n) is 12.6. The zero-order valence-corrected chi connectivity index (χ0v) is 21.4. The van der Waals surface area contributed by atoms with Crippen LogP contribution in [-0.4, -0.2) is 46.5 Å². The van der Waals surface area contributed by atoms with Crippen LogP contribution in [0.1, 0.15) is 46.3 Å². The summed E-state index contributed by atoms with van der Waals surface area (Å²) in [6.45, 7) is 2.22. The van der Waals surface area contributed by atoms with Crippen LogP contribution in [0.15, 0.2) is 71.7 Å². The molecule has 0 atom stereocenters. The molecule has 1 amide bonds. The summed E-state index contributed by atoms with van der Waals surface area (Å²) in [7, 11) is 1.37. The van der Waals surface area contributed by atoms with Gasteiger partial charge < -0.3 is 14.4 Å². The predicted molar refractivity (Wildman–Crippen MR) is 141 cm³/mol. The zero-order valence-electron chi connectivity index (χ0n) is 21.4. The highest BCUT2D eigenvalue weighted by Gasteiger charge is 2.56. The van der Waals surface area contributed by atoms with Gasteiger partial charge in [-0.2, -0.15) is 5.10 Å². The van der Waals surface area contributed by atoms with Gasteiger partial charge in [0.2, 0.25) is 0 Å². The van der Waals surface area contributed by atoms with Gasteiger partial charge in [-0.15, -0.1) is 0 Å². The number of carbonyl (C=O) groups is 2. The summed E-state index contributed by atoms with van der Waals surface area (Å²) in [5.41, 5.74) is 1.78. The minimum Gasteiger partial charge on any atom is -0.494 e. The topological polar surface area (TPSA) is 95.7 Å². The number of amides is 1. The van der Waals surface area contributed by atoms with E-state index in [1.165, 1.54) is 34.6 Å². The van der Waals surface area contributed by atoms with Crippen molar-refractivity contribution in [1.82, 2.24) is 14.3 Å². The number of carbonyl (C=O) groups excluding carboxylic acids is 2.